The second-order valence-electron chi connectivity index (χ2n) is 5.03. The largest absolute Gasteiger partial charge is 0.307 e. The van der Waals surface area contributed by atoms with Crippen molar-refractivity contribution in [3.8, 4) is 0 Å². The van der Waals surface area contributed by atoms with Crippen molar-refractivity contribution in [3.05, 3.63) is 64.0 Å². The molecule has 0 atom stereocenters. The van der Waals surface area contributed by atoms with Crippen LogP contribution in [0, 0.1) is 6.92 Å². The molecular weight excluding hydrogens is 266 g/mol. The van der Waals surface area contributed by atoms with Gasteiger partial charge in [0.05, 0.1) is 11.4 Å². The lowest BCUT2D eigenvalue weighted by Gasteiger charge is -2.05. The first-order valence-corrected chi connectivity index (χ1v) is 6.80. The number of fused-ring (bicyclic) bond motifs is 1. The third-order valence-electron chi connectivity index (χ3n) is 3.36. The Bertz CT molecular complexity index is 833. The third kappa shape index (κ3) is 2.85. The van der Waals surface area contributed by atoms with Crippen molar-refractivity contribution < 1.29 is 0 Å². The zero-order chi connectivity index (χ0) is 14.8. The van der Waals surface area contributed by atoms with E-state index in [9.17, 15) is 4.79 Å². The highest BCUT2D eigenvalue weighted by molar-refractivity contribution is 5.37. The van der Waals surface area contributed by atoms with Crippen LogP contribution >= 0.6 is 0 Å². The molecule has 21 heavy (non-hydrogen) atoms. The highest BCUT2D eigenvalue weighted by Gasteiger charge is 2.04. The molecule has 0 saturated heterocycles. The summed E-state index contributed by atoms with van der Waals surface area (Å²) >= 11 is 0. The van der Waals surface area contributed by atoms with Gasteiger partial charge in [0.2, 0.25) is 0 Å². The van der Waals surface area contributed by atoms with Gasteiger partial charge >= 0.3 is 0 Å². The SMILES string of the molecule is Cc1nn(C)cc1CNCc1cc(=O)n2ccccc2n1. The van der Waals surface area contributed by atoms with Crippen LogP contribution in [0.15, 0.2) is 41.5 Å². The predicted molar refractivity (Wildman–Crippen MR) is 80.0 cm³/mol. The second kappa shape index (κ2) is 5.49. The Morgan fingerprint density at radius 3 is 2.90 bits per heavy atom. The molecule has 3 aromatic heterocycles. The van der Waals surface area contributed by atoms with Crippen molar-refractivity contribution in [1.82, 2.24) is 24.5 Å². The highest BCUT2D eigenvalue weighted by atomic mass is 16.1. The van der Waals surface area contributed by atoms with Crippen molar-refractivity contribution in [1.29, 1.82) is 0 Å². The first-order chi connectivity index (χ1) is 10.1. The topological polar surface area (TPSA) is 64.2 Å². The minimum absolute atomic E-state index is 0.0602. The molecule has 0 unspecified atom stereocenters. The van der Waals surface area contributed by atoms with Crippen LogP contribution in [-0.2, 0) is 20.1 Å². The van der Waals surface area contributed by atoms with Gasteiger partial charge in [-0.3, -0.25) is 13.9 Å². The molecule has 108 valence electrons. The lowest BCUT2D eigenvalue weighted by Crippen LogP contribution is -2.19. The Hall–Kier alpha value is -2.47. The van der Waals surface area contributed by atoms with Crippen LogP contribution in [0.25, 0.3) is 5.65 Å². The molecule has 6 nitrogen and oxygen atoms in total. The smallest absolute Gasteiger partial charge is 0.258 e. The Morgan fingerprint density at radius 1 is 1.29 bits per heavy atom. The summed E-state index contributed by atoms with van der Waals surface area (Å²) in [7, 11) is 1.91. The summed E-state index contributed by atoms with van der Waals surface area (Å²) in [6.07, 6.45) is 3.71. The second-order valence-corrected chi connectivity index (χ2v) is 5.03. The first-order valence-electron chi connectivity index (χ1n) is 6.80. The standard InChI is InChI=1S/C15H17N5O/c1-11-12(10-19(2)18-11)8-16-9-13-7-15(21)20-6-4-3-5-14(20)17-13/h3-7,10,16H,8-9H2,1-2H3. The normalized spacial score (nSPS) is 11.1. The minimum Gasteiger partial charge on any atom is -0.307 e. The van der Waals surface area contributed by atoms with Gasteiger partial charge in [-0.1, -0.05) is 6.07 Å². The summed E-state index contributed by atoms with van der Waals surface area (Å²) in [5.41, 5.74) is 3.51. The maximum Gasteiger partial charge on any atom is 0.258 e. The molecule has 0 aliphatic rings. The van der Waals surface area contributed by atoms with Gasteiger partial charge in [0.25, 0.3) is 5.56 Å². The molecule has 3 aromatic rings. The van der Waals surface area contributed by atoms with E-state index in [-0.39, 0.29) is 5.56 Å². The number of hydrogen-bond acceptors (Lipinski definition) is 4. The van der Waals surface area contributed by atoms with Crippen LogP contribution in [0.5, 0.6) is 0 Å². The summed E-state index contributed by atoms with van der Waals surface area (Å²) in [5.74, 6) is 0. The van der Waals surface area contributed by atoms with E-state index < -0.39 is 0 Å². The quantitative estimate of drug-likeness (QED) is 0.776. The lowest BCUT2D eigenvalue weighted by atomic mass is 10.2. The van der Waals surface area contributed by atoms with E-state index in [1.807, 2.05) is 38.4 Å². The summed E-state index contributed by atoms with van der Waals surface area (Å²) in [6.45, 7) is 3.24. The zero-order valence-electron chi connectivity index (χ0n) is 12.1. The number of aryl methyl sites for hydroxylation is 2. The maximum absolute atomic E-state index is 12.0. The average Bonchev–Trinajstić information content (AvgIpc) is 2.77. The summed E-state index contributed by atoms with van der Waals surface area (Å²) < 4.78 is 3.34. The van der Waals surface area contributed by atoms with E-state index >= 15 is 0 Å². The molecule has 1 N–H and O–H groups in total. The molecule has 0 fully saturated rings. The number of pyridine rings is 1. The van der Waals surface area contributed by atoms with Gasteiger partial charge in [0.1, 0.15) is 5.65 Å². The number of hydrogen-bond donors (Lipinski definition) is 1. The number of nitrogens with one attached hydrogen (secondary N) is 1. The fraction of sp³-hybridized carbons (Fsp3) is 0.267. The average molecular weight is 283 g/mol. The van der Waals surface area contributed by atoms with Crippen molar-refractivity contribution >= 4 is 5.65 Å². The Balaban J connectivity index is 1.74. The lowest BCUT2D eigenvalue weighted by molar-refractivity contribution is 0.675. The van der Waals surface area contributed by atoms with Gasteiger partial charge in [0.15, 0.2) is 0 Å². The van der Waals surface area contributed by atoms with Crippen LogP contribution in [0.4, 0.5) is 0 Å². The summed E-state index contributed by atoms with van der Waals surface area (Å²) in [4.78, 5) is 16.4. The van der Waals surface area contributed by atoms with Crippen LogP contribution in [-0.4, -0.2) is 19.2 Å². The molecule has 0 amide bonds. The molecule has 0 aromatic carbocycles. The zero-order valence-corrected chi connectivity index (χ0v) is 12.1. The van der Waals surface area contributed by atoms with Crippen LogP contribution < -0.4 is 10.9 Å². The molecular formula is C15H17N5O. The van der Waals surface area contributed by atoms with E-state index in [2.05, 4.69) is 15.4 Å². The number of nitrogens with zero attached hydrogens (tertiary/aromatic N) is 4. The maximum atomic E-state index is 12.0. The van der Waals surface area contributed by atoms with Crippen molar-refractivity contribution in [2.45, 2.75) is 20.0 Å². The third-order valence-corrected chi connectivity index (χ3v) is 3.36. The molecule has 0 aliphatic heterocycles. The molecule has 3 heterocycles. The molecule has 0 bridgehead atoms. The molecule has 3 rings (SSSR count). The molecule has 6 heteroatoms. The first kappa shape index (κ1) is 13.5. The van der Waals surface area contributed by atoms with E-state index in [0.29, 0.717) is 18.7 Å². The molecule has 0 spiro atoms. The molecule has 0 radical (unpaired) electrons. The van der Waals surface area contributed by atoms with Gasteiger partial charge in [-0.25, -0.2) is 4.98 Å². The minimum atomic E-state index is -0.0602. The van der Waals surface area contributed by atoms with Crippen molar-refractivity contribution in [2.75, 3.05) is 0 Å². The summed E-state index contributed by atoms with van der Waals surface area (Å²) in [5, 5.41) is 7.60. The van der Waals surface area contributed by atoms with Crippen molar-refractivity contribution in [2.24, 2.45) is 7.05 Å². The van der Waals surface area contributed by atoms with Crippen molar-refractivity contribution in [3.63, 3.8) is 0 Å². The van der Waals surface area contributed by atoms with Gasteiger partial charge < -0.3 is 5.32 Å². The van der Waals surface area contributed by atoms with Gasteiger partial charge in [-0.05, 0) is 19.1 Å². The van der Waals surface area contributed by atoms with E-state index in [1.54, 1.807) is 16.9 Å². The van der Waals surface area contributed by atoms with E-state index in [0.717, 1.165) is 17.0 Å². The van der Waals surface area contributed by atoms with E-state index in [1.165, 1.54) is 4.40 Å². The van der Waals surface area contributed by atoms with Crippen LogP contribution in [0.3, 0.4) is 0 Å². The monoisotopic (exact) mass is 283 g/mol. The molecule has 0 saturated carbocycles. The van der Waals surface area contributed by atoms with E-state index in [4.69, 9.17) is 0 Å². The number of rotatable bonds is 4. The molecule has 0 aliphatic carbocycles. The van der Waals surface area contributed by atoms with Gasteiger partial charge in [0, 0.05) is 44.2 Å². The van der Waals surface area contributed by atoms with Crippen LogP contribution in [0.1, 0.15) is 17.0 Å². The fourth-order valence-corrected chi connectivity index (χ4v) is 2.34. The van der Waals surface area contributed by atoms with Gasteiger partial charge in [-0.15, -0.1) is 0 Å². The highest BCUT2D eigenvalue weighted by Crippen LogP contribution is 2.04. The Morgan fingerprint density at radius 2 is 2.14 bits per heavy atom. The fourth-order valence-electron chi connectivity index (χ4n) is 2.34. The number of aromatic nitrogens is 4. The Labute approximate surface area is 122 Å². The Kier molecular flexibility index (Phi) is 3.53. The summed E-state index contributed by atoms with van der Waals surface area (Å²) in [6, 6.07) is 7.09. The van der Waals surface area contributed by atoms with Crippen LogP contribution in [0.2, 0.25) is 0 Å². The van der Waals surface area contributed by atoms with Gasteiger partial charge in [-0.2, -0.15) is 5.10 Å². The predicted octanol–water partition coefficient (Wildman–Crippen LogP) is 1.03.